The van der Waals surface area contributed by atoms with Crippen LogP contribution in [0.2, 0.25) is 0 Å². The molecule has 80 valence electrons. The second kappa shape index (κ2) is 4.97. The van der Waals surface area contributed by atoms with Gasteiger partial charge in [0, 0.05) is 13.7 Å². The molecule has 0 saturated heterocycles. The maximum atomic E-state index is 12.1. The molecule has 7 heteroatoms. The first-order valence-corrected chi connectivity index (χ1v) is 4.07. The smallest absolute Gasteiger partial charge is 0.257 e. The van der Waals surface area contributed by atoms with E-state index in [1.165, 1.54) is 7.11 Å². The fourth-order valence-corrected chi connectivity index (χ4v) is 1.10. The number of alkyl halides is 2. The Hall–Kier alpha value is -1.08. The number of rotatable bonds is 5. The molecule has 0 spiro atoms. The predicted octanol–water partition coefficient (Wildman–Crippen LogP) is 0.148. The third kappa shape index (κ3) is 2.46. The third-order valence-electron chi connectivity index (χ3n) is 1.70. The number of hydrogen-bond acceptors (Lipinski definition) is 4. The Morgan fingerprint density at radius 3 is 2.79 bits per heavy atom. The highest BCUT2D eigenvalue weighted by Gasteiger charge is 2.14. The summed E-state index contributed by atoms with van der Waals surface area (Å²) in [4.78, 5) is 0. The average molecular weight is 206 g/mol. The molecule has 0 fully saturated rings. The minimum atomic E-state index is -2.46. The second-order valence-electron chi connectivity index (χ2n) is 2.69. The monoisotopic (exact) mass is 206 g/mol. The van der Waals surface area contributed by atoms with Gasteiger partial charge in [0.2, 0.25) is 0 Å². The zero-order valence-electron chi connectivity index (χ0n) is 7.78. The maximum absolute atomic E-state index is 12.1. The summed E-state index contributed by atoms with van der Waals surface area (Å²) in [5.74, 6) is 0. The molecule has 2 N–H and O–H groups in total. The Morgan fingerprint density at radius 1 is 1.57 bits per heavy atom. The van der Waals surface area contributed by atoms with E-state index >= 15 is 0 Å². The first-order chi connectivity index (χ1) is 6.69. The van der Waals surface area contributed by atoms with Crippen molar-refractivity contribution in [2.45, 2.75) is 26.1 Å². The largest absolute Gasteiger partial charge is 0.378 e. The molecule has 1 rings (SSSR count). The highest BCUT2D eigenvalue weighted by atomic mass is 19.3. The van der Waals surface area contributed by atoms with Crippen LogP contribution in [0.3, 0.4) is 0 Å². The van der Waals surface area contributed by atoms with Gasteiger partial charge in [-0.15, -0.1) is 5.10 Å². The molecule has 0 amide bonds. The molecular weight excluding hydrogens is 194 g/mol. The first-order valence-electron chi connectivity index (χ1n) is 4.07. The number of hydrogen-bond donors (Lipinski definition) is 1. The van der Waals surface area contributed by atoms with Crippen LogP contribution in [0.1, 0.15) is 11.4 Å². The van der Waals surface area contributed by atoms with Crippen molar-refractivity contribution < 1.29 is 13.5 Å². The Labute approximate surface area is 79.8 Å². The van der Waals surface area contributed by atoms with E-state index in [4.69, 9.17) is 10.5 Å². The van der Waals surface area contributed by atoms with Crippen LogP contribution in [0.15, 0.2) is 0 Å². The summed E-state index contributed by atoms with van der Waals surface area (Å²) in [5, 5.41) is 7.25. The molecule has 0 saturated carbocycles. The van der Waals surface area contributed by atoms with E-state index in [-0.39, 0.29) is 13.2 Å². The molecule has 0 aromatic carbocycles. The van der Waals surface area contributed by atoms with E-state index in [1.54, 1.807) is 0 Å². The van der Waals surface area contributed by atoms with Gasteiger partial charge in [0.15, 0.2) is 0 Å². The molecule has 0 aliphatic rings. The zero-order valence-corrected chi connectivity index (χ0v) is 7.78. The Kier molecular flexibility index (Phi) is 3.90. The van der Waals surface area contributed by atoms with E-state index in [9.17, 15) is 8.78 Å². The lowest BCUT2D eigenvalue weighted by Gasteiger charge is -2.05. The Balaban J connectivity index is 2.86. The van der Waals surface area contributed by atoms with E-state index < -0.39 is 13.0 Å². The van der Waals surface area contributed by atoms with Crippen LogP contribution >= 0.6 is 0 Å². The lowest BCUT2D eigenvalue weighted by Crippen LogP contribution is -2.13. The summed E-state index contributed by atoms with van der Waals surface area (Å²) in [7, 11) is 1.47. The van der Waals surface area contributed by atoms with Crippen molar-refractivity contribution in [3.05, 3.63) is 11.4 Å². The van der Waals surface area contributed by atoms with Crippen LogP contribution in [-0.4, -0.2) is 28.5 Å². The van der Waals surface area contributed by atoms with Crippen molar-refractivity contribution in [3.63, 3.8) is 0 Å². The van der Waals surface area contributed by atoms with Gasteiger partial charge in [-0.1, -0.05) is 5.21 Å². The van der Waals surface area contributed by atoms with Gasteiger partial charge in [0.05, 0.1) is 12.3 Å². The molecule has 0 bridgehead atoms. The first kappa shape index (κ1) is 11.0. The number of methoxy groups -OCH3 is 1. The van der Waals surface area contributed by atoms with Crippen molar-refractivity contribution in [1.29, 1.82) is 0 Å². The van der Waals surface area contributed by atoms with E-state index in [0.29, 0.717) is 11.4 Å². The lowest BCUT2D eigenvalue weighted by atomic mass is 10.3. The number of halogens is 2. The number of nitrogens with two attached hydrogens (primary N) is 1. The topological polar surface area (TPSA) is 66.0 Å². The SMILES string of the molecule is COCc1c(CN)nnn1CC(F)F. The van der Waals surface area contributed by atoms with Crippen LogP contribution in [0.4, 0.5) is 8.78 Å². The summed E-state index contributed by atoms with van der Waals surface area (Å²) in [6.45, 7) is -0.125. The van der Waals surface area contributed by atoms with Crippen molar-refractivity contribution >= 4 is 0 Å². The standard InChI is InChI=1S/C7H12F2N4O/c1-14-4-6-5(2-10)11-12-13(6)3-7(8)9/h7H,2-4,10H2,1H3. The van der Waals surface area contributed by atoms with Crippen molar-refractivity contribution in [1.82, 2.24) is 15.0 Å². The number of aromatic nitrogens is 3. The summed E-state index contributed by atoms with van der Waals surface area (Å²) >= 11 is 0. The molecule has 0 atom stereocenters. The third-order valence-corrected chi connectivity index (χ3v) is 1.70. The van der Waals surface area contributed by atoms with Gasteiger partial charge in [-0.2, -0.15) is 0 Å². The quantitative estimate of drug-likeness (QED) is 0.744. The fraction of sp³-hybridized carbons (Fsp3) is 0.714. The number of nitrogens with zero attached hydrogens (tertiary/aromatic N) is 3. The van der Waals surface area contributed by atoms with Gasteiger partial charge < -0.3 is 10.5 Å². The van der Waals surface area contributed by atoms with Crippen molar-refractivity contribution in [2.24, 2.45) is 5.73 Å². The fourth-order valence-electron chi connectivity index (χ4n) is 1.10. The predicted molar refractivity (Wildman–Crippen MR) is 44.6 cm³/mol. The summed E-state index contributed by atoms with van der Waals surface area (Å²) < 4.78 is 30.2. The van der Waals surface area contributed by atoms with Crippen LogP contribution in [0.25, 0.3) is 0 Å². The second-order valence-corrected chi connectivity index (χ2v) is 2.69. The van der Waals surface area contributed by atoms with Gasteiger partial charge >= 0.3 is 0 Å². The summed E-state index contributed by atoms with van der Waals surface area (Å²) in [6.07, 6.45) is -2.46. The molecule has 0 unspecified atom stereocenters. The lowest BCUT2D eigenvalue weighted by molar-refractivity contribution is 0.113. The normalized spacial score (nSPS) is 11.2. The average Bonchev–Trinajstić information content (AvgIpc) is 2.48. The van der Waals surface area contributed by atoms with Crippen LogP contribution < -0.4 is 5.73 Å². The Morgan fingerprint density at radius 2 is 2.29 bits per heavy atom. The molecule has 0 radical (unpaired) electrons. The van der Waals surface area contributed by atoms with Crippen LogP contribution in [0.5, 0.6) is 0 Å². The van der Waals surface area contributed by atoms with Crippen LogP contribution in [0, 0.1) is 0 Å². The molecule has 1 aromatic rings. The molecular formula is C7H12F2N4O. The van der Waals surface area contributed by atoms with E-state index in [2.05, 4.69) is 10.3 Å². The molecule has 1 heterocycles. The van der Waals surface area contributed by atoms with Gasteiger partial charge in [0.25, 0.3) is 6.43 Å². The van der Waals surface area contributed by atoms with Crippen molar-refractivity contribution in [3.8, 4) is 0 Å². The highest BCUT2D eigenvalue weighted by molar-refractivity contribution is 5.08. The maximum Gasteiger partial charge on any atom is 0.257 e. The van der Waals surface area contributed by atoms with E-state index in [0.717, 1.165) is 4.68 Å². The highest BCUT2D eigenvalue weighted by Crippen LogP contribution is 2.08. The number of ether oxygens (including phenoxy) is 1. The van der Waals surface area contributed by atoms with Gasteiger partial charge in [-0.05, 0) is 0 Å². The molecule has 5 nitrogen and oxygen atoms in total. The van der Waals surface area contributed by atoms with Gasteiger partial charge in [0.1, 0.15) is 12.2 Å². The van der Waals surface area contributed by atoms with Crippen molar-refractivity contribution in [2.75, 3.05) is 7.11 Å². The molecule has 1 aromatic heterocycles. The van der Waals surface area contributed by atoms with Gasteiger partial charge in [-0.3, -0.25) is 0 Å². The molecule has 0 aliphatic heterocycles. The summed E-state index contributed by atoms with van der Waals surface area (Å²) in [5.41, 5.74) is 6.37. The summed E-state index contributed by atoms with van der Waals surface area (Å²) in [6, 6.07) is 0. The zero-order chi connectivity index (χ0) is 10.6. The minimum absolute atomic E-state index is 0.169. The molecule has 0 aliphatic carbocycles. The van der Waals surface area contributed by atoms with E-state index in [1.807, 2.05) is 0 Å². The van der Waals surface area contributed by atoms with Gasteiger partial charge in [-0.25, -0.2) is 13.5 Å². The minimum Gasteiger partial charge on any atom is -0.378 e. The van der Waals surface area contributed by atoms with Crippen LogP contribution in [-0.2, 0) is 24.4 Å². The Bertz CT molecular complexity index is 289. The molecule has 14 heavy (non-hydrogen) atoms.